The van der Waals surface area contributed by atoms with E-state index in [1.165, 1.54) is 17.0 Å². The van der Waals surface area contributed by atoms with Gasteiger partial charge in [-0.3, -0.25) is 9.78 Å². The van der Waals surface area contributed by atoms with E-state index in [2.05, 4.69) is 9.97 Å². The standard InChI is InChI=1S/C23H20F3N5O2/c1-14-12-30(13-18-11-29-21(31(14)18)22(2,33)23(24,25)26)20(32)17-5-3-4-16(8-17)19-7-6-15(9-27)10-28-19/h3-8,10-11,14,33H,12-13H2,1-2H3/t14-,22?/m0/s1. The lowest BCUT2D eigenvalue weighted by molar-refractivity contribution is -0.263. The summed E-state index contributed by atoms with van der Waals surface area (Å²) in [6.45, 7) is 2.57. The number of fused-ring (bicyclic) bond motifs is 1. The predicted octanol–water partition coefficient (Wildman–Crippen LogP) is 3.80. The average molecular weight is 455 g/mol. The zero-order chi connectivity index (χ0) is 24.0. The second kappa shape index (κ2) is 8.01. The maximum Gasteiger partial charge on any atom is 0.424 e. The van der Waals surface area contributed by atoms with Crippen molar-refractivity contribution in [3.8, 4) is 17.3 Å². The minimum Gasteiger partial charge on any atom is -0.374 e. The number of amides is 1. The number of carbonyl (C=O) groups excluding carboxylic acids is 1. The van der Waals surface area contributed by atoms with Crippen LogP contribution in [0.1, 0.15) is 47.3 Å². The number of hydrogen-bond acceptors (Lipinski definition) is 5. The number of benzene rings is 1. The number of pyridine rings is 1. The number of aromatic nitrogens is 3. The lowest BCUT2D eigenvalue weighted by Crippen LogP contribution is -2.45. The summed E-state index contributed by atoms with van der Waals surface area (Å²) in [6, 6.07) is 11.7. The third-order valence-corrected chi connectivity index (χ3v) is 5.72. The van der Waals surface area contributed by atoms with Crippen molar-refractivity contribution in [1.82, 2.24) is 19.4 Å². The number of nitrogens with zero attached hydrogens (tertiary/aromatic N) is 5. The molecule has 3 aromatic rings. The van der Waals surface area contributed by atoms with Crippen molar-refractivity contribution >= 4 is 5.91 Å². The van der Waals surface area contributed by atoms with Gasteiger partial charge >= 0.3 is 6.18 Å². The van der Waals surface area contributed by atoms with Crippen LogP contribution in [0.2, 0.25) is 0 Å². The molecular weight excluding hydrogens is 435 g/mol. The number of halogens is 3. The highest BCUT2D eigenvalue weighted by atomic mass is 19.4. The van der Waals surface area contributed by atoms with E-state index >= 15 is 0 Å². The van der Waals surface area contributed by atoms with Gasteiger partial charge in [-0.05, 0) is 38.1 Å². The second-order valence-electron chi connectivity index (χ2n) is 8.17. The molecule has 3 heterocycles. The second-order valence-corrected chi connectivity index (χ2v) is 8.17. The molecule has 1 amide bonds. The Morgan fingerprint density at radius 3 is 2.61 bits per heavy atom. The van der Waals surface area contributed by atoms with Crippen LogP contribution < -0.4 is 0 Å². The van der Waals surface area contributed by atoms with Crippen molar-refractivity contribution < 1.29 is 23.1 Å². The molecule has 0 saturated heterocycles. The fourth-order valence-corrected chi connectivity index (χ4v) is 3.93. The van der Waals surface area contributed by atoms with Gasteiger partial charge in [-0.1, -0.05) is 12.1 Å². The van der Waals surface area contributed by atoms with E-state index in [4.69, 9.17) is 5.26 Å². The quantitative estimate of drug-likeness (QED) is 0.648. The molecule has 2 aromatic heterocycles. The Hall–Kier alpha value is -3.71. The Labute approximate surface area is 187 Å². The summed E-state index contributed by atoms with van der Waals surface area (Å²) in [5.41, 5.74) is -0.563. The molecule has 10 heteroatoms. The van der Waals surface area contributed by atoms with Gasteiger partial charge in [-0.2, -0.15) is 18.4 Å². The number of alkyl halides is 3. The van der Waals surface area contributed by atoms with Gasteiger partial charge < -0.3 is 14.6 Å². The highest BCUT2D eigenvalue weighted by Crippen LogP contribution is 2.40. The van der Waals surface area contributed by atoms with Gasteiger partial charge in [-0.15, -0.1) is 0 Å². The van der Waals surface area contributed by atoms with E-state index in [-0.39, 0.29) is 19.0 Å². The zero-order valence-electron chi connectivity index (χ0n) is 17.8. The van der Waals surface area contributed by atoms with E-state index in [9.17, 15) is 23.1 Å². The molecule has 7 nitrogen and oxygen atoms in total. The zero-order valence-corrected chi connectivity index (χ0v) is 17.8. The van der Waals surface area contributed by atoms with E-state index in [1.54, 1.807) is 48.2 Å². The topological polar surface area (TPSA) is 95.0 Å². The molecule has 0 spiro atoms. The molecule has 4 rings (SSSR count). The molecule has 1 aliphatic heterocycles. The summed E-state index contributed by atoms with van der Waals surface area (Å²) in [5, 5.41) is 19.0. The normalized spacial score (nSPS) is 17.7. The highest BCUT2D eigenvalue weighted by molar-refractivity contribution is 5.95. The Bertz CT molecular complexity index is 1240. The van der Waals surface area contributed by atoms with Crippen LogP contribution in [0.4, 0.5) is 13.2 Å². The molecule has 1 aliphatic rings. The van der Waals surface area contributed by atoms with Gasteiger partial charge in [0.15, 0.2) is 5.82 Å². The highest BCUT2D eigenvalue weighted by Gasteiger charge is 2.55. The Morgan fingerprint density at radius 1 is 1.21 bits per heavy atom. The van der Waals surface area contributed by atoms with Crippen LogP contribution in [0.5, 0.6) is 0 Å². The fraction of sp³-hybridized carbons (Fsp3) is 0.304. The molecule has 0 bridgehead atoms. The first-order valence-corrected chi connectivity index (χ1v) is 10.1. The lowest BCUT2D eigenvalue weighted by Gasteiger charge is -2.36. The van der Waals surface area contributed by atoms with Crippen LogP contribution in [-0.2, 0) is 12.1 Å². The lowest BCUT2D eigenvalue weighted by atomic mass is 10.0. The average Bonchev–Trinajstić information content (AvgIpc) is 3.23. The molecule has 0 aliphatic carbocycles. The van der Waals surface area contributed by atoms with Gasteiger partial charge in [0.1, 0.15) is 6.07 Å². The first kappa shape index (κ1) is 22.5. The van der Waals surface area contributed by atoms with Crippen LogP contribution in [0.25, 0.3) is 11.3 Å². The van der Waals surface area contributed by atoms with Gasteiger partial charge in [-0.25, -0.2) is 4.98 Å². The van der Waals surface area contributed by atoms with E-state index in [1.807, 2.05) is 6.07 Å². The number of nitriles is 1. The molecule has 170 valence electrons. The van der Waals surface area contributed by atoms with Crippen LogP contribution in [0.3, 0.4) is 0 Å². The van der Waals surface area contributed by atoms with Gasteiger partial charge in [0.25, 0.3) is 5.91 Å². The van der Waals surface area contributed by atoms with E-state index < -0.39 is 23.6 Å². The molecule has 1 N–H and O–H groups in total. The molecular formula is C23H20F3N5O2. The fourth-order valence-electron chi connectivity index (χ4n) is 3.93. The van der Waals surface area contributed by atoms with Crippen molar-refractivity contribution in [3.05, 3.63) is 71.4 Å². The Balaban J connectivity index is 1.60. The number of imidazole rings is 1. The molecule has 1 aromatic carbocycles. The summed E-state index contributed by atoms with van der Waals surface area (Å²) in [4.78, 5) is 22.8. The SMILES string of the molecule is C[C@H]1CN(C(=O)c2cccc(-c3ccc(C#N)cn3)c2)Cc2cnc(C(C)(O)C(F)(F)F)n21. The smallest absolute Gasteiger partial charge is 0.374 e. The molecule has 0 fully saturated rings. The monoisotopic (exact) mass is 455 g/mol. The Kier molecular flexibility index (Phi) is 5.46. The van der Waals surface area contributed by atoms with Crippen molar-refractivity contribution in [3.63, 3.8) is 0 Å². The maximum atomic E-state index is 13.4. The molecule has 33 heavy (non-hydrogen) atoms. The molecule has 0 saturated carbocycles. The van der Waals surface area contributed by atoms with Gasteiger partial charge in [0.05, 0.1) is 35.7 Å². The third kappa shape index (κ3) is 3.96. The number of aliphatic hydroxyl groups is 1. The van der Waals surface area contributed by atoms with Crippen molar-refractivity contribution in [2.24, 2.45) is 0 Å². The summed E-state index contributed by atoms with van der Waals surface area (Å²) in [6.07, 6.45) is -2.17. The third-order valence-electron chi connectivity index (χ3n) is 5.72. The van der Waals surface area contributed by atoms with Crippen LogP contribution in [0.15, 0.2) is 48.8 Å². The number of carbonyl (C=O) groups is 1. The van der Waals surface area contributed by atoms with Crippen molar-refractivity contribution in [1.29, 1.82) is 5.26 Å². The molecule has 2 atom stereocenters. The van der Waals surface area contributed by atoms with E-state index in [0.717, 1.165) is 0 Å². The summed E-state index contributed by atoms with van der Waals surface area (Å²) in [7, 11) is 0. The van der Waals surface area contributed by atoms with Gasteiger partial charge in [0, 0.05) is 23.9 Å². The minimum atomic E-state index is -4.89. The van der Waals surface area contributed by atoms with Crippen LogP contribution >= 0.6 is 0 Å². The first-order valence-electron chi connectivity index (χ1n) is 10.1. The Morgan fingerprint density at radius 2 is 1.97 bits per heavy atom. The number of rotatable bonds is 3. The summed E-state index contributed by atoms with van der Waals surface area (Å²) in [5.74, 6) is -0.771. The van der Waals surface area contributed by atoms with Gasteiger partial charge in [0.2, 0.25) is 5.60 Å². The first-order chi connectivity index (χ1) is 15.5. The molecule has 0 radical (unpaired) electrons. The summed E-state index contributed by atoms with van der Waals surface area (Å²) < 4.78 is 41.4. The van der Waals surface area contributed by atoms with Crippen molar-refractivity contribution in [2.75, 3.05) is 6.54 Å². The largest absolute Gasteiger partial charge is 0.424 e. The van der Waals surface area contributed by atoms with Crippen LogP contribution in [0, 0.1) is 11.3 Å². The maximum absolute atomic E-state index is 13.4. The van der Waals surface area contributed by atoms with Crippen molar-refractivity contribution in [2.45, 2.75) is 38.2 Å². The predicted molar refractivity (Wildman–Crippen MR) is 112 cm³/mol. The molecule has 1 unspecified atom stereocenters. The number of hydrogen-bond donors (Lipinski definition) is 1. The minimum absolute atomic E-state index is 0.0590. The van der Waals surface area contributed by atoms with E-state index in [0.29, 0.717) is 35.0 Å². The summed E-state index contributed by atoms with van der Waals surface area (Å²) >= 11 is 0. The van der Waals surface area contributed by atoms with Crippen LogP contribution in [-0.4, -0.2) is 43.2 Å².